The zero-order valence-electron chi connectivity index (χ0n) is 21.1. The highest BCUT2D eigenvalue weighted by Crippen LogP contribution is 2.46. The Labute approximate surface area is 217 Å². The summed E-state index contributed by atoms with van der Waals surface area (Å²) in [6.07, 6.45) is 3.88. The van der Waals surface area contributed by atoms with Gasteiger partial charge in [-0.15, -0.1) is 0 Å². The van der Waals surface area contributed by atoms with Gasteiger partial charge in [-0.1, -0.05) is 30.3 Å². The molecule has 37 heavy (non-hydrogen) atoms. The van der Waals surface area contributed by atoms with Gasteiger partial charge in [-0.05, 0) is 65.3 Å². The van der Waals surface area contributed by atoms with Gasteiger partial charge < -0.3 is 23.7 Å². The molecule has 1 saturated heterocycles. The van der Waals surface area contributed by atoms with Gasteiger partial charge in [-0.2, -0.15) is 0 Å². The molecule has 0 bridgehead atoms. The van der Waals surface area contributed by atoms with E-state index in [2.05, 4.69) is 42.5 Å². The van der Waals surface area contributed by atoms with Crippen molar-refractivity contribution >= 4 is 5.97 Å². The molecule has 2 heterocycles. The van der Waals surface area contributed by atoms with Crippen LogP contribution >= 0.6 is 0 Å². The average molecular weight is 501 g/mol. The van der Waals surface area contributed by atoms with Crippen molar-refractivity contribution in [2.45, 2.75) is 50.2 Å². The van der Waals surface area contributed by atoms with E-state index in [1.807, 2.05) is 18.2 Å². The fourth-order valence-corrected chi connectivity index (χ4v) is 5.20. The van der Waals surface area contributed by atoms with Crippen LogP contribution in [0.25, 0.3) is 11.1 Å². The van der Waals surface area contributed by atoms with E-state index in [9.17, 15) is 4.79 Å². The lowest BCUT2D eigenvalue weighted by atomic mass is 9.95. The van der Waals surface area contributed by atoms with Gasteiger partial charge in [0.1, 0.15) is 30.0 Å². The number of carbonyl (C=O) groups excluding carboxylic acids is 1. The third-order valence-electron chi connectivity index (χ3n) is 7.38. The fraction of sp³-hybridized carbons (Fsp3) is 0.387. The largest absolute Gasteiger partial charge is 0.492 e. The van der Waals surface area contributed by atoms with E-state index in [1.165, 1.54) is 36.6 Å². The van der Waals surface area contributed by atoms with Crippen molar-refractivity contribution in [2.75, 3.05) is 26.9 Å². The minimum absolute atomic E-state index is 0.0251. The molecule has 0 aromatic heterocycles. The van der Waals surface area contributed by atoms with Gasteiger partial charge in [0.25, 0.3) is 0 Å². The van der Waals surface area contributed by atoms with Crippen molar-refractivity contribution < 1.29 is 28.5 Å². The maximum Gasteiger partial charge on any atom is 0.306 e. The van der Waals surface area contributed by atoms with E-state index in [0.29, 0.717) is 32.2 Å². The summed E-state index contributed by atoms with van der Waals surface area (Å²) in [6.45, 7) is 2.39. The first-order valence-electron chi connectivity index (χ1n) is 13.1. The Morgan fingerprint density at radius 2 is 1.84 bits per heavy atom. The molecule has 6 rings (SSSR count). The highest BCUT2D eigenvalue weighted by molar-refractivity contribution is 5.71. The van der Waals surface area contributed by atoms with Crippen molar-refractivity contribution in [2.24, 2.45) is 0 Å². The number of carbonyl (C=O) groups is 1. The fourth-order valence-electron chi connectivity index (χ4n) is 5.20. The van der Waals surface area contributed by atoms with Crippen LogP contribution in [0, 0.1) is 0 Å². The molecule has 6 heteroatoms. The highest BCUT2D eigenvalue weighted by atomic mass is 16.5. The SMILES string of the molecule is COC(=O)CC1COc2cc(OCc3cccc(-c4ccc(OC5CCOC5)cc4C4CC4)c3)ccc21. The Kier molecular flexibility index (Phi) is 6.75. The molecule has 0 N–H and O–H groups in total. The van der Waals surface area contributed by atoms with Gasteiger partial charge in [0.15, 0.2) is 0 Å². The van der Waals surface area contributed by atoms with Crippen LogP contribution in [0.5, 0.6) is 17.2 Å². The molecule has 0 spiro atoms. The molecule has 192 valence electrons. The van der Waals surface area contributed by atoms with Crippen LogP contribution in [0.2, 0.25) is 0 Å². The second-order valence-corrected chi connectivity index (χ2v) is 10.1. The summed E-state index contributed by atoms with van der Waals surface area (Å²) in [6, 6.07) is 20.9. The molecule has 1 saturated carbocycles. The summed E-state index contributed by atoms with van der Waals surface area (Å²) in [5, 5.41) is 0. The van der Waals surface area contributed by atoms with Gasteiger partial charge in [0.05, 0.1) is 33.4 Å². The van der Waals surface area contributed by atoms with Crippen LogP contribution in [0.4, 0.5) is 0 Å². The zero-order valence-corrected chi connectivity index (χ0v) is 21.1. The average Bonchev–Trinajstić information content (AvgIpc) is 3.52. The Morgan fingerprint density at radius 3 is 2.65 bits per heavy atom. The second-order valence-electron chi connectivity index (χ2n) is 10.1. The lowest BCUT2D eigenvalue weighted by Crippen LogP contribution is -2.15. The van der Waals surface area contributed by atoms with Crippen LogP contribution in [0.1, 0.15) is 54.2 Å². The molecule has 3 aromatic carbocycles. The molecule has 0 radical (unpaired) electrons. The van der Waals surface area contributed by atoms with E-state index < -0.39 is 0 Å². The highest BCUT2D eigenvalue weighted by Gasteiger charge is 2.28. The standard InChI is InChI=1S/C31H32O6/c1-33-31(32)14-23-18-36-30-16-24(7-10-28(23)30)35-17-20-3-2-4-22(13-20)27-9-8-25(15-29(27)21-5-6-21)37-26-11-12-34-19-26/h2-4,7-10,13,15-16,21,23,26H,5-6,11-12,14,17-19H2,1H3. The summed E-state index contributed by atoms with van der Waals surface area (Å²) in [5.74, 6) is 2.87. The van der Waals surface area contributed by atoms with Crippen LogP contribution < -0.4 is 14.2 Å². The number of methoxy groups -OCH3 is 1. The molecule has 3 aromatic rings. The van der Waals surface area contributed by atoms with Crippen molar-refractivity contribution in [3.8, 4) is 28.4 Å². The Hall–Kier alpha value is -3.51. The van der Waals surface area contributed by atoms with Crippen molar-refractivity contribution in [3.63, 3.8) is 0 Å². The minimum Gasteiger partial charge on any atom is -0.492 e. The maximum absolute atomic E-state index is 11.7. The Bertz CT molecular complexity index is 1270. The third kappa shape index (κ3) is 5.44. The van der Waals surface area contributed by atoms with E-state index in [-0.39, 0.29) is 18.0 Å². The zero-order chi connectivity index (χ0) is 25.2. The van der Waals surface area contributed by atoms with E-state index >= 15 is 0 Å². The topological polar surface area (TPSA) is 63.2 Å². The van der Waals surface area contributed by atoms with Crippen LogP contribution in [0.3, 0.4) is 0 Å². The molecular weight excluding hydrogens is 468 g/mol. The number of hydrogen-bond donors (Lipinski definition) is 0. The first-order chi connectivity index (χ1) is 18.2. The van der Waals surface area contributed by atoms with Crippen LogP contribution in [0.15, 0.2) is 60.7 Å². The van der Waals surface area contributed by atoms with E-state index in [0.717, 1.165) is 41.4 Å². The molecule has 2 unspecified atom stereocenters. The monoisotopic (exact) mass is 500 g/mol. The number of hydrogen-bond acceptors (Lipinski definition) is 6. The lowest BCUT2D eigenvalue weighted by Gasteiger charge is -2.16. The van der Waals surface area contributed by atoms with Crippen LogP contribution in [-0.4, -0.2) is 39.0 Å². The minimum atomic E-state index is -0.225. The summed E-state index contributed by atoms with van der Waals surface area (Å²) in [5.41, 5.74) is 5.96. The smallest absolute Gasteiger partial charge is 0.306 e. The first kappa shape index (κ1) is 23.9. The van der Waals surface area contributed by atoms with Gasteiger partial charge in [0.2, 0.25) is 0 Å². The lowest BCUT2D eigenvalue weighted by molar-refractivity contribution is -0.141. The Morgan fingerprint density at radius 1 is 0.946 bits per heavy atom. The molecule has 2 atom stereocenters. The van der Waals surface area contributed by atoms with Crippen molar-refractivity contribution in [1.29, 1.82) is 0 Å². The van der Waals surface area contributed by atoms with E-state index in [4.69, 9.17) is 23.7 Å². The summed E-state index contributed by atoms with van der Waals surface area (Å²) >= 11 is 0. The summed E-state index contributed by atoms with van der Waals surface area (Å²) < 4.78 is 28.4. The number of esters is 1. The summed E-state index contributed by atoms with van der Waals surface area (Å²) in [4.78, 5) is 11.7. The van der Waals surface area contributed by atoms with Crippen molar-refractivity contribution in [3.05, 3.63) is 77.4 Å². The molecule has 2 fully saturated rings. The number of ether oxygens (including phenoxy) is 5. The quantitative estimate of drug-likeness (QED) is 0.335. The van der Waals surface area contributed by atoms with Gasteiger partial charge in [-0.25, -0.2) is 0 Å². The maximum atomic E-state index is 11.7. The first-order valence-corrected chi connectivity index (χ1v) is 13.1. The molecular formula is C31H32O6. The predicted molar refractivity (Wildman–Crippen MR) is 139 cm³/mol. The normalized spacial score (nSPS) is 20.2. The van der Waals surface area contributed by atoms with E-state index in [1.54, 1.807) is 0 Å². The molecule has 1 aliphatic carbocycles. The van der Waals surface area contributed by atoms with Gasteiger partial charge in [0, 0.05) is 24.0 Å². The molecule has 3 aliphatic rings. The molecule has 0 amide bonds. The van der Waals surface area contributed by atoms with Crippen LogP contribution in [-0.2, 0) is 20.9 Å². The van der Waals surface area contributed by atoms with Crippen molar-refractivity contribution in [1.82, 2.24) is 0 Å². The predicted octanol–water partition coefficient (Wildman–Crippen LogP) is 6.02. The summed E-state index contributed by atoms with van der Waals surface area (Å²) in [7, 11) is 1.41. The molecule has 6 nitrogen and oxygen atoms in total. The van der Waals surface area contributed by atoms with Gasteiger partial charge >= 0.3 is 5.97 Å². The number of rotatable bonds is 9. The van der Waals surface area contributed by atoms with Gasteiger partial charge in [-0.3, -0.25) is 4.79 Å². The molecule has 2 aliphatic heterocycles. The second kappa shape index (κ2) is 10.5. The Balaban J connectivity index is 1.15. The number of benzene rings is 3. The number of fused-ring (bicyclic) bond motifs is 1. The third-order valence-corrected chi connectivity index (χ3v) is 7.38.